The highest BCUT2D eigenvalue weighted by atomic mass is 14.5. The number of hydrogen-bond donors (Lipinski definition) is 0. The van der Waals surface area contributed by atoms with Crippen LogP contribution in [0.2, 0.25) is 0 Å². The van der Waals surface area contributed by atoms with E-state index in [1.54, 1.807) is 0 Å². The van der Waals surface area contributed by atoms with E-state index >= 15 is 0 Å². The second kappa shape index (κ2) is 11.8. The van der Waals surface area contributed by atoms with Crippen molar-refractivity contribution in [1.82, 2.24) is 0 Å². The zero-order valence-electron chi connectivity index (χ0n) is 19.8. The maximum atomic E-state index is 10.1. The van der Waals surface area contributed by atoms with Gasteiger partial charge in [0.05, 0.1) is 11.5 Å². The molecule has 3 aliphatic rings. The fourth-order valence-electron chi connectivity index (χ4n) is 7.34. The second-order valence-electron chi connectivity index (χ2n) is 11.2. The van der Waals surface area contributed by atoms with Gasteiger partial charge >= 0.3 is 0 Å². The third-order valence-electron chi connectivity index (χ3n) is 9.62. The lowest BCUT2D eigenvalue weighted by Gasteiger charge is -2.45. The molecule has 1 nitrogen and oxygen atoms in total. The largest absolute Gasteiger partial charge is 0.198 e. The summed E-state index contributed by atoms with van der Waals surface area (Å²) < 4.78 is 0. The minimum atomic E-state index is 0.0477. The van der Waals surface area contributed by atoms with Crippen LogP contribution in [0.5, 0.6) is 0 Å². The predicted octanol–water partition coefficient (Wildman–Crippen LogP) is 9.07. The molecule has 0 bridgehead atoms. The molecule has 0 aliphatic heterocycles. The van der Waals surface area contributed by atoms with Crippen LogP contribution in [0.15, 0.2) is 0 Å². The van der Waals surface area contributed by atoms with Crippen LogP contribution >= 0.6 is 0 Å². The van der Waals surface area contributed by atoms with Crippen LogP contribution in [0.3, 0.4) is 0 Å². The first kappa shape index (κ1) is 23.2. The van der Waals surface area contributed by atoms with E-state index in [0.717, 1.165) is 23.7 Å². The fourth-order valence-corrected chi connectivity index (χ4v) is 7.34. The Balaban J connectivity index is 1.36. The van der Waals surface area contributed by atoms with Gasteiger partial charge in [-0.05, 0) is 93.8 Å². The van der Waals surface area contributed by atoms with E-state index in [0.29, 0.717) is 5.92 Å². The van der Waals surface area contributed by atoms with Gasteiger partial charge in [-0.3, -0.25) is 0 Å². The van der Waals surface area contributed by atoms with E-state index in [4.69, 9.17) is 0 Å². The first-order valence-electron chi connectivity index (χ1n) is 13.6. The molecule has 0 saturated heterocycles. The molecule has 166 valence electrons. The van der Waals surface area contributed by atoms with Gasteiger partial charge in [0.2, 0.25) is 0 Å². The van der Waals surface area contributed by atoms with E-state index in [1.807, 2.05) is 0 Å². The van der Waals surface area contributed by atoms with Crippen molar-refractivity contribution < 1.29 is 0 Å². The molecule has 0 amide bonds. The van der Waals surface area contributed by atoms with E-state index < -0.39 is 0 Å². The summed E-state index contributed by atoms with van der Waals surface area (Å²) in [6, 6.07) is 2.86. The van der Waals surface area contributed by atoms with E-state index in [2.05, 4.69) is 19.9 Å². The molecule has 0 radical (unpaired) electrons. The van der Waals surface area contributed by atoms with Gasteiger partial charge in [-0.15, -0.1) is 0 Å². The molecule has 0 unspecified atom stereocenters. The quantitative estimate of drug-likeness (QED) is 0.355. The molecule has 0 spiro atoms. The van der Waals surface area contributed by atoms with Crippen molar-refractivity contribution in [3.63, 3.8) is 0 Å². The molecule has 3 saturated carbocycles. The van der Waals surface area contributed by atoms with Crippen molar-refractivity contribution in [2.24, 2.45) is 35.0 Å². The van der Waals surface area contributed by atoms with Crippen molar-refractivity contribution in [3.05, 3.63) is 0 Å². The Morgan fingerprint density at radius 2 is 1.28 bits per heavy atom. The zero-order valence-corrected chi connectivity index (χ0v) is 19.8. The molecule has 0 N–H and O–H groups in total. The topological polar surface area (TPSA) is 23.8 Å². The summed E-state index contributed by atoms with van der Waals surface area (Å²) in [4.78, 5) is 0. The summed E-state index contributed by atoms with van der Waals surface area (Å²) in [5.74, 6) is 4.65. The lowest BCUT2D eigenvalue weighted by Crippen LogP contribution is -2.37. The number of nitrogens with zero attached hydrogens (tertiary/aromatic N) is 1. The van der Waals surface area contributed by atoms with Crippen LogP contribution in [-0.2, 0) is 0 Å². The lowest BCUT2D eigenvalue weighted by atomic mass is 9.58. The number of hydrogen-bond acceptors (Lipinski definition) is 1. The van der Waals surface area contributed by atoms with Gasteiger partial charge < -0.3 is 0 Å². The number of rotatable bonds is 9. The van der Waals surface area contributed by atoms with Gasteiger partial charge in [0, 0.05) is 0 Å². The highest BCUT2D eigenvalue weighted by Gasteiger charge is 2.44. The molecule has 0 atom stereocenters. The summed E-state index contributed by atoms with van der Waals surface area (Å²) in [7, 11) is 0. The van der Waals surface area contributed by atoms with Gasteiger partial charge in [-0.2, -0.15) is 5.26 Å². The number of nitriles is 1. The molecule has 0 aromatic rings. The SMILES string of the molecule is CCCCCCC[C@H]1CC[C@H]([C@H]2CC[C@H]([C@]3(C#N)CC[C@H](CC)CC3)CC2)CC1. The molecule has 29 heavy (non-hydrogen) atoms. The molecular formula is C28H49N. The van der Waals surface area contributed by atoms with Crippen molar-refractivity contribution >= 4 is 0 Å². The highest BCUT2D eigenvalue weighted by molar-refractivity contribution is 5.06. The van der Waals surface area contributed by atoms with Crippen LogP contribution in [0.4, 0.5) is 0 Å². The predicted molar refractivity (Wildman–Crippen MR) is 125 cm³/mol. The van der Waals surface area contributed by atoms with E-state index in [1.165, 1.54) is 122 Å². The molecular weight excluding hydrogens is 350 g/mol. The highest BCUT2D eigenvalue weighted by Crippen LogP contribution is 2.52. The number of unbranched alkanes of at least 4 members (excludes halogenated alkanes) is 4. The summed E-state index contributed by atoms with van der Waals surface area (Å²) in [5, 5.41) is 10.1. The average molecular weight is 400 g/mol. The molecule has 3 rings (SSSR count). The summed E-state index contributed by atoms with van der Waals surface area (Å²) in [5.41, 5.74) is 0.0477. The monoisotopic (exact) mass is 399 g/mol. The van der Waals surface area contributed by atoms with Crippen molar-refractivity contribution in [3.8, 4) is 6.07 Å². The molecule has 3 fully saturated rings. The van der Waals surface area contributed by atoms with Crippen LogP contribution in [0.1, 0.15) is 136 Å². The Kier molecular flexibility index (Phi) is 9.40. The van der Waals surface area contributed by atoms with Crippen LogP contribution in [0.25, 0.3) is 0 Å². The Bertz CT molecular complexity index is 479. The van der Waals surface area contributed by atoms with Crippen LogP contribution in [-0.4, -0.2) is 0 Å². The van der Waals surface area contributed by atoms with Crippen molar-refractivity contribution in [1.29, 1.82) is 5.26 Å². The Labute approximate surface area is 182 Å². The van der Waals surface area contributed by atoms with Gasteiger partial charge in [0.25, 0.3) is 0 Å². The van der Waals surface area contributed by atoms with E-state index in [9.17, 15) is 5.26 Å². The zero-order chi connectivity index (χ0) is 20.5. The van der Waals surface area contributed by atoms with Gasteiger partial charge in [-0.1, -0.05) is 71.6 Å². The Hall–Kier alpha value is -0.510. The smallest absolute Gasteiger partial charge is 0.0692 e. The molecule has 0 heterocycles. The van der Waals surface area contributed by atoms with E-state index in [-0.39, 0.29) is 5.41 Å². The third kappa shape index (κ3) is 6.24. The molecule has 0 aromatic heterocycles. The summed E-state index contributed by atoms with van der Waals surface area (Å²) in [6.45, 7) is 4.64. The first-order valence-corrected chi connectivity index (χ1v) is 13.6. The van der Waals surface area contributed by atoms with Crippen LogP contribution < -0.4 is 0 Å². The molecule has 0 aromatic carbocycles. The summed E-state index contributed by atoms with van der Waals surface area (Å²) >= 11 is 0. The lowest BCUT2D eigenvalue weighted by molar-refractivity contribution is 0.0657. The normalized spacial score (nSPS) is 38.4. The van der Waals surface area contributed by atoms with Crippen LogP contribution in [0, 0.1) is 46.3 Å². The third-order valence-corrected chi connectivity index (χ3v) is 9.62. The maximum absolute atomic E-state index is 10.1. The average Bonchev–Trinajstić information content (AvgIpc) is 2.79. The van der Waals surface area contributed by atoms with Crippen molar-refractivity contribution in [2.45, 2.75) is 136 Å². The minimum absolute atomic E-state index is 0.0477. The maximum Gasteiger partial charge on any atom is 0.0692 e. The van der Waals surface area contributed by atoms with Gasteiger partial charge in [-0.25, -0.2) is 0 Å². The van der Waals surface area contributed by atoms with Gasteiger partial charge in [0.1, 0.15) is 0 Å². The Morgan fingerprint density at radius 1 is 0.690 bits per heavy atom. The first-order chi connectivity index (χ1) is 14.2. The van der Waals surface area contributed by atoms with Crippen molar-refractivity contribution in [2.75, 3.05) is 0 Å². The standard InChI is InChI=1S/C28H49N/c1-3-5-6-7-8-9-24-10-12-25(13-11-24)26-14-16-27(17-15-26)28(22-29)20-18-23(4-2)19-21-28/h23-27H,3-21H2,1-2H3/t23-,24-,25-,26-,27-,28+. The fraction of sp³-hybridized carbons (Fsp3) is 0.964. The molecule has 3 aliphatic carbocycles. The Morgan fingerprint density at radius 3 is 1.83 bits per heavy atom. The summed E-state index contributed by atoms with van der Waals surface area (Å²) in [6.07, 6.45) is 26.6. The molecule has 1 heteroatoms. The minimum Gasteiger partial charge on any atom is -0.198 e. The van der Waals surface area contributed by atoms with Gasteiger partial charge in [0.15, 0.2) is 0 Å². The second-order valence-corrected chi connectivity index (χ2v) is 11.2.